The number of aromatic nitrogens is 1. The Morgan fingerprint density at radius 1 is 0.929 bits per heavy atom. The zero-order chi connectivity index (χ0) is 30.5. The molecular weight excluding hydrogens is 554 g/mol. The zero-order valence-electron chi connectivity index (χ0n) is 24.5. The van der Waals surface area contributed by atoms with Crippen LogP contribution in [-0.2, 0) is 29.0 Å². The molecule has 3 rings (SSSR count). The Morgan fingerprint density at radius 2 is 1.55 bits per heavy atom. The van der Waals surface area contributed by atoms with E-state index in [9.17, 15) is 19.5 Å². The fourth-order valence-corrected chi connectivity index (χ4v) is 4.94. The molecule has 4 amide bonds. The Bertz CT molecular complexity index is 1240. The molecule has 0 aliphatic rings. The molecule has 0 saturated carbocycles. The number of nitrogens with one attached hydrogen (secondary N) is 3. The normalized spacial score (nSPS) is 13.9. The third-order valence-corrected chi connectivity index (χ3v) is 7.48. The fourth-order valence-electron chi connectivity index (χ4n) is 4.43. The number of thiazole rings is 1. The third-order valence-electron chi connectivity index (χ3n) is 6.73. The Labute approximate surface area is 251 Å². The van der Waals surface area contributed by atoms with Gasteiger partial charge in [0, 0.05) is 26.3 Å². The molecule has 2 aromatic carbocycles. The molecule has 0 radical (unpaired) electrons. The van der Waals surface area contributed by atoms with Crippen LogP contribution in [0.2, 0.25) is 0 Å². The lowest BCUT2D eigenvalue weighted by Gasteiger charge is -2.30. The minimum Gasteiger partial charge on any atom is -0.444 e. The summed E-state index contributed by atoms with van der Waals surface area (Å²) >= 11 is 1.38. The molecule has 226 valence electrons. The van der Waals surface area contributed by atoms with Crippen molar-refractivity contribution in [3.05, 3.63) is 88.4 Å². The fraction of sp³-hybridized carbons (Fsp3) is 0.419. The summed E-state index contributed by atoms with van der Waals surface area (Å²) in [5.41, 5.74) is 3.57. The summed E-state index contributed by atoms with van der Waals surface area (Å²) < 4.78 is 5.38. The zero-order valence-corrected chi connectivity index (χ0v) is 25.3. The molecule has 0 fully saturated rings. The Kier molecular flexibility index (Phi) is 12.8. The van der Waals surface area contributed by atoms with Gasteiger partial charge in [0.2, 0.25) is 5.91 Å². The number of amides is 4. The van der Waals surface area contributed by atoms with Gasteiger partial charge in [-0.2, -0.15) is 0 Å². The van der Waals surface area contributed by atoms with Crippen molar-refractivity contribution in [2.24, 2.45) is 5.92 Å². The highest BCUT2D eigenvalue weighted by atomic mass is 32.1. The highest BCUT2D eigenvalue weighted by Crippen LogP contribution is 2.16. The van der Waals surface area contributed by atoms with Gasteiger partial charge in [0.05, 0.1) is 22.5 Å². The van der Waals surface area contributed by atoms with Gasteiger partial charge < -0.3 is 30.7 Å². The molecule has 0 aliphatic carbocycles. The van der Waals surface area contributed by atoms with Crippen LogP contribution in [0.15, 0.2) is 72.4 Å². The van der Waals surface area contributed by atoms with E-state index in [0.717, 1.165) is 16.0 Å². The number of urea groups is 1. The number of aliphatic hydroxyl groups is 1. The lowest BCUT2D eigenvalue weighted by atomic mass is 9.93. The van der Waals surface area contributed by atoms with E-state index in [2.05, 4.69) is 20.9 Å². The van der Waals surface area contributed by atoms with E-state index < -0.39 is 30.3 Å². The number of aliphatic hydroxyl groups excluding tert-OH is 1. The molecule has 4 atom stereocenters. The number of hydrogen-bond donors (Lipinski definition) is 4. The highest BCUT2D eigenvalue weighted by molar-refractivity contribution is 7.09. The smallest absolute Gasteiger partial charge is 0.407 e. The van der Waals surface area contributed by atoms with E-state index in [1.165, 1.54) is 16.2 Å². The van der Waals surface area contributed by atoms with Gasteiger partial charge in [-0.05, 0) is 36.3 Å². The van der Waals surface area contributed by atoms with E-state index in [4.69, 9.17) is 4.74 Å². The monoisotopic (exact) mass is 595 g/mol. The van der Waals surface area contributed by atoms with Gasteiger partial charge in [0.25, 0.3) is 0 Å². The Hall–Kier alpha value is -3.96. The largest absolute Gasteiger partial charge is 0.444 e. The predicted molar refractivity (Wildman–Crippen MR) is 163 cm³/mol. The molecule has 0 aliphatic heterocycles. The molecule has 3 unspecified atom stereocenters. The molecule has 10 nitrogen and oxygen atoms in total. The van der Waals surface area contributed by atoms with Crippen molar-refractivity contribution in [3.8, 4) is 0 Å². The molecular formula is C31H41N5O5S. The van der Waals surface area contributed by atoms with Gasteiger partial charge in [-0.1, -0.05) is 74.5 Å². The van der Waals surface area contributed by atoms with Crippen LogP contribution in [0.25, 0.3) is 0 Å². The number of nitrogens with zero attached hydrogens (tertiary/aromatic N) is 2. The predicted octanol–water partition coefficient (Wildman–Crippen LogP) is 3.75. The first kappa shape index (κ1) is 32.6. The molecule has 0 bridgehead atoms. The van der Waals surface area contributed by atoms with E-state index >= 15 is 0 Å². The van der Waals surface area contributed by atoms with E-state index in [1.807, 2.05) is 74.5 Å². The third kappa shape index (κ3) is 10.8. The van der Waals surface area contributed by atoms with Gasteiger partial charge in [-0.15, -0.1) is 11.3 Å². The van der Waals surface area contributed by atoms with Crippen molar-refractivity contribution in [1.29, 1.82) is 0 Å². The van der Waals surface area contributed by atoms with Crippen LogP contribution in [0.4, 0.5) is 9.59 Å². The molecule has 3 aromatic rings. The second kappa shape index (κ2) is 16.5. The van der Waals surface area contributed by atoms with E-state index in [0.29, 0.717) is 12.8 Å². The second-order valence-corrected chi connectivity index (χ2v) is 11.7. The number of benzene rings is 2. The van der Waals surface area contributed by atoms with Gasteiger partial charge in [0.15, 0.2) is 0 Å². The standard InChI is InChI=1S/C31H41N5O5S/c1-21(2)28(35-30(39)36(3)4)29(38)33-24(15-22-11-7-5-8-12-22)17-27(37)26(16-23-13-9-6-10-14-23)34-31(40)41-19-25-18-32-20-42-25/h5-14,18,20-21,24,26-28,37H,15-17,19H2,1-4H3,(H,33,38)(H,34,40)(H,35,39)/t24?,26?,27?,28-/m0/s1. The first-order valence-electron chi connectivity index (χ1n) is 14.0. The van der Waals surface area contributed by atoms with Crippen LogP contribution in [0.1, 0.15) is 36.3 Å². The van der Waals surface area contributed by atoms with Crippen LogP contribution in [0, 0.1) is 5.92 Å². The molecule has 1 aromatic heterocycles. The van der Waals surface area contributed by atoms with Crippen LogP contribution >= 0.6 is 11.3 Å². The SMILES string of the molecule is CC(C)[C@H](NC(=O)N(C)C)C(=O)NC(Cc1ccccc1)CC(O)C(Cc1ccccc1)NC(=O)OCc1cncs1. The second-order valence-electron chi connectivity index (χ2n) is 10.7. The van der Waals surface area contributed by atoms with Gasteiger partial charge >= 0.3 is 12.1 Å². The highest BCUT2D eigenvalue weighted by Gasteiger charge is 2.30. The summed E-state index contributed by atoms with van der Waals surface area (Å²) in [6.45, 7) is 3.80. The topological polar surface area (TPSA) is 133 Å². The molecule has 4 N–H and O–H groups in total. The van der Waals surface area contributed by atoms with Gasteiger partial charge in [-0.25, -0.2) is 9.59 Å². The Balaban J connectivity index is 1.77. The van der Waals surface area contributed by atoms with Crippen molar-refractivity contribution < 1.29 is 24.2 Å². The minimum atomic E-state index is -1.02. The first-order valence-corrected chi connectivity index (χ1v) is 14.8. The van der Waals surface area contributed by atoms with Crippen molar-refractivity contribution >= 4 is 29.4 Å². The summed E-state index contributed by atoms with van der Waals surface area (Å²) in [6.07, 6.45) is 0.916. The van der Waals surface area contributed by atoms with Gasteiger partial charge in [0.1, 0.15) is 12.6 Å². The van der Waals surface area contributed by atoms with Crippen LogP contribution in [0.3, 0.4) is 0 Å². The number of hydrogen-bond acceptors (Lipinski definition) is 7. The Morgan fingerprint density at radius 3 is 2.10 bits per heavy atom. The van der Waals surface area contributed by atoms with Crippen molar-refractivity contribution in [3.63, 3.8) is 0 Å². The maximum atomic E-state index is 13.4. The molecule has 42 heavy (non-hydrogen) atoms. The molecule has 11 heteroatoms. The average molecular weight is 596 g/mol. The van der Waals surface area contributed by atoms with Crippen molar-refractivity contribution in [2.45, 2.75) is 63.9 Å². The van der Waals surface area contributed by atoms with Crippen LogP contribution in [0.5, 0.6) is 0 Å². The lowest BCUT2D eigenvalue weighted by molar-refractivity contribution is -0.124. The quantitative estimate of drug-likeness (QED) is 0.224. The summed E-state index contributed by atoms with van der Waals surface area (Å²) in [5.74, 6) is -0.512. The lowest BCUT2D eigenvalue weighted by Crippen LogP contribution is -2.55. The first-order chi connectivity index (χ1) is 20.1. The molecule has 0 saturated heterocycles. The molecule has 0 spiro atoms. The van der Waals surface area contributed by atoms with E-state index in [1.54, 1.807) is 25.8 Å². The summed E-state index contributed by atoms with van der Waals surface area (Å²) in [6, 6.07) is 16.9. The summed E-state index contributed by atoms with van der Waals surface area (Å²) in [5, 5.41) is 20.2. The van der Waals surface area contributed by atoms with E-state index in [-0.39, 0.29) is 30.9 Å². The number of carbonyl (C=O) groups is 3. The molecule has 1 heterocycles. The maximum Gasteiger partial charge on any atom is 0.407 e. The number of carbonyl (C=O) groups excluding carboxylic acids is 3. The average Bonchev–Trinajstić information content (AvgIpc) is 3.49. The number of alkyl carbamates (subject to hydrolysis) is 1. The minimum absolute atomic E-state index is 0.0760. The van der Waals surface area contributed by atoms with Crippen LogP contribution in [-0.4, -0.2) is 71.3 Å². The van der Waals surface area contributed by atoms with Crippen LogP contribution < -0.4 is 16.0 Å². The van der Waals surface area contributed by atoms with Crippen molar-refractivity contribution in [1.82, 2.24) is 25.8 Å². The maximum absolute atomic E-state index is 13.4. The summed E-state index contributed by atoms with van der Waals surface area (Å²) in [4.78, 5) is 44.7. The van der Waals surface area contributed by atoms with Crippen molar-refractivity contribution in [2.75, 3.05) is 14.1 Å². The number of ether oxygens (including phenoxy) is 1. The number of rotatable bonds is 14. The summed E-state index contributed by atoms with van der Waals surface area (Å²) in [7, 11) is 3.22. The van der Waals surface area contributed by atoms with Gasteiger partial charge in [-0.3, -0.25) is 9.78 Å².